The monoisotopic (exact) mass is 341 g/mol. The van der Waals surface area contributed by atoms with Gasteiger partial charge >= 0.3 is 0 Å². The van der Waals surface area contributed by atoms with Crippen molar-refractivity contribution >= 4 is 22.9 Å². The third-order valence-electron chi connectivity index (χ3n) is 3.84. The van der Waals surface area contributed by atoms with E-state index in [1.54, 1.807) is 6.07 Å². The Labute approximate surface area is 149 Å². The van der Waals surface area contributed by atoms with E-state index in [1.165, 1.54) is 0 Å². The molecule has 24 heavy (non-hydrogen) atoms. The lowest BCUT2D eigenvalue weighted by molar-refractivity contribution is 0.530. The zero-order valence-corrected chi connectivity index (χ0v) is 15.0. The summed E-state index contributed by atoms with van der Waals surface area (Å²) in [7, 11) is 4.05. The second-order valence-corrected chi connectivity index (χ2v) is 6.30. The number of halogens is 1. The Balaban J connectivity index is 2.23. The van der Waals surface area contributed by atoms with Crippen LogP contribution in [0.5, 0.6) is 0 Å². The highest BCUT2D eigenvalue weighted by molar-refractivity contribution is 6.30. The van der Waals surface area contributed by atoms with Crippen LogP contribution in [0.4, 0.5) is 5.69 Å². The fourth-order valence-electron chi connectivity index (χ4n) is 2.49. The van der Waals surface area contributed by atoms with Crippen molar-refractivity contribution in [3.05, 3.63) is 76.2 Å². The predicted molar refractivity (Wildman–Crippen MR) is 105 cm³/mol. The topological polar surface area (TPSA) is 55.3 Å². The Hall–Kier alpha value is -2.19. The fourth-order valence-corrected chi connectivity index (χ4v) is 2.66. The van der Waals surface area contributed by atoms with E-state index in [-0.39, 0.29) is 0 Å². The van der Waals surface area contributed by atoms with Gasteiger partial charge in [-0.25, -0.2) is 0 Å². The van der Waals surface area contributed by atoms with Gasteiger partial charge in [-0.15, -0.1) is 5.73 Å². The van der Waals surface area contributed by atoms with E-state index in [0.29, 0.717) is 11.6 Å². The standard InChI is InChI=1S/C20H24ClN3/c1-24(2)18-5-3-4-15(7-10-18)6-8-16(12-13-22)19-14-17(21)9-11-20(19)23/h3,5,7-11,14H,6,12-13,22-23H2,1-2H3/b16-8+. The molecular weight excluding hydrogens is 318 g/mol. The average Bonchev–Trinajstić information content (AvgIpc) is 2.79. The van der Waals surface area contributed by atoms with Crippen LogP contribution in [0.25, 0.3) is 5.57 Å². The van der Waals surface area contributed by atoms with E-state index in [2.05, 4.69) is 28.9 Å². The summed E-state index contributed by atoms with van der Waals surface area (Å²) in [4.78, 5) is 2.07. The van der Waals surface area contributed by atoms with Crippen LogP contribution in [0.15, 0.2) is 65.6 Å². The normalized spacial score (nSPS) is 14.2. The summed E-state index contributed by atoms with van der Waals surface area (Å²) in [6, 6.07) is 5.53. The first-order valence-electron chi connectivity index (χ1n) is 7.97. The molecular formula is C20H24ClN3. The highest BCUT2D eigenvalue weighted by Crippen LogP contribution is 2.28. The number of nitrogens with zero attached hydrogens (tertiary/aromatic N) is 1. The minimum atomic E-state index is 0.564. The number of benzene rings is 1. The Morgan fingerprint density at radius 1 is 1.29 bits per heavy atom. The van der Waals surface area contributed by atoms with Crippen LogP contribution in [-0.2, 0) is 0 Å². The van der Waals surface area contributed by atoms with Crippen LogP contribution in [-0.4, -0.2) is 25.5 Å². The molecule has 1 aliphatic rings. The molecule has 4 heteroatoms. The van der Waals surface area contributed by atoms with Crippen molar-refractivity contribution in [1.82, 2.24) is 4.90 Å². The van der Waals surface area contributed by atoms with E-state index < -0.39 is 0 Å². The highest BCUT2D eigenvalue weighted by Gasteiger charge is 2.07. The zero-order valence-electron chi connectivity index (χ0n) is 14.2. The number of allylic oxidation sites excluding steroid dienone is 5. The van der Waals surface area contributed by atoms with Gasteiger partial charge in [-0.2, -0.15) is 0 Å². The lowest BCUT2D eigenvalue weighted by atomic mass is 9.98. The molecule has 1 aromatic carbocycles. The number of hydrogen-bond acceptors (Lipinski definition) is 3. The molecule has 0 atom stereocenters. The van der Waals surface area contributed by atoms with Crippen molar-refractivity contribution in [3.63, 3.8) is 0 Å². The van der Waals surface area contributed by atoms with Gasteiger partial charge in [-0.3, -0.25) is 0 Å². The highest BCUT2D eigenvalue weighted by atomic mass is 35.5. The number of nitrogens with two attached hydrogens (primary N) is 2. The van der Waals surface area contributed by atoms with Crippen molar-refractivity contribution < 1.29 is 0 Å². The molecule has 1 aromatic rings. The van der Waals surface area contributed by atoms with Crippen molar-refractivity contribution in [2.45, 2.75) is 12.8 Å². The van der Waals surface area contributed by atoms with Gasteiger partial charge in [0.25, 0.3) is 0 Å². The number of anilines is 1. The number of hydrogen-bond donors (Lipinski definition) is 2. The maximum atomic E-state index is 6.12. The van der Waals surface area contributed by atoms with E-state index in [4.69, 9.17) is 23.1 Å². The van der Waals surface area contributed by atoms with Gasteiger partial charge in [-0.1, -0.05) is 17.7 Å². The van der Waals surface area contributed by atoms with E-state index in [9.17, 15) is 0 Å². The Bertz CT molecular complexity index is 748. The number of nitrogen functional groups attached to an aromatic ring is 1. The van der Waals surface area contributed by atoms with E-state index in [0.717, 1.165) is 40.9 Å². The summed E-state index contributed by atoms with van der Waals surface area (Å²) < 4.78 is 0. The second-order valence-electron chi connectivity index (χ2n) is 5.86. The van der Waals surface area contributed by atoms with Crippen LogP contribution < -0.4 is 11.5 Å². The fraction of sp³-hybridized carbons (Fsp3) is 0.250. The van der Waals surface area contributed by atoms with E-state index in [1.807, 2.05) is 38.4 Å². The molecule has 4 N–H and O–H groups in total. The van der Waals surface area contributed by atoms with Crippen LogP contribution in [0.1, 0.15) is 18.4 Å². The molecule has 0 bridgehead atoms. The summed E-state index contributed by atoms with van der Waals surface area (Å²) in [6.45, 7) is 0.564. The van der Waals surface area contributed by atoms with Crippen molar-refractivity contribution in [2.75, 3.05) is 26.4 Å². The van der Waals surface area contributed by atoms with Crippen LogP contribution in [0.2, 0.25) is 5.02 Å². The first-order valence-corrected chi connectivity index (χ1v) is 8.35. The minimum Gasteiger partial charge on any atom is -0.398 e. The molecule has 126 valence electrons. The Kier molecular flexibility index (Phi) is 6.51. The van der Waals surface area contributed by atoms with Gasteiger partial charge < -0.3 is 16.4 Å². The lowest BCUT2D eigenvalue weighted by Gasteiger charge is -2.12. The third kappa shape index (κ3) is 4.90. The summed E-state index contributed by atoms with van der Waals surface area (Å²) >= 11 is 6.12. The van der Waals surface area contributed by atoms with Crippen molar-refractivity contribution in [1.29, 1.82) is 0 Å². The molecule has 0 unspecified atom stereocenters. The molecule has 0 aliphatic heterocycles. The molecule has 0 saturated heterocycles. The van der Waals surface area contributed by atoms with Gasteiger partial charge in [0.15, 0.2) is 0 Å². The summed E-state index contributed by atoms with van der Waals surface area (Å²) in [6.07, 6.45) is 11.9. The van der Waals surface area contributed by atoms with Gasteiger partial charge in [0, 0.05) is 36.1 Å². The van der Waals surface area contributed by atoms with Crippen LogP contribution in [0, 0.1) is 0 Å². The smallest absolute Gasteiger partial charge is 0.0413 e. The molecule has 0 aromatic heterocycles. The Morgan fingerprint density at radius 3 is 2.79 bits per heavy atom. The second kappa shape index (κ2) is 8.60. The van der Waals surface area contributed by atoms with Crippen molar-refractivity contribution in [3.8, 4) is 0 Å². The maximum Gasteiger partial charge on any atom is 0.0413 e. The van der Waals surface area contributed by atoms with Gasteiger partial charge in [0.05, 0.1) is 0 Å². The first kappa shape index (κ1) is 18.2. The van der Waals surface area contributed by atoms with Crippen LogP contribution >= 0.6 is 11.6 Å². The first-order chi connectivity index (χ1) is 11.5. The number of rotatable bonds is 6. The minimum absolute atomic E-state index is 0.564. The summed E-state index contributed by atoms with van der Waals surface area (Å²) in [5.74, 6) is 0. The molecule has 2 rings (SSSR count). The van der Waals surface area contributed by atoms with Crippen molar-refractivity contribution in [2.24, 2.45) is 5.73 Å². The SMILES string of the molecule is CN(C)C1=CC=C=C(C/C=C(\CCN)c2cc(Cl)ccc2N)C=C1. The van der Waals surface area contributed by atoms with Crippen LogP contribution in [0.3, 0.4) is 0 Å². The molecule has 1 aliphatic carbocycles. The molecule has 0 amide bonds. The van der Waals surface area contributed by atoms with E-state index >= 15 is 0 Å². The largest absolute Gasteiger partial charge is 0.398 e. The third-order valence-corrected chi connectivity index (χ3v) is 4.07. The van der Waals surface area contributed by atoms with Gasteiger partial charge in [0.1, 0.15) is 0 Å². The number of likely N-dealkylation sites (N-methyl/N-ethyl adjacent to an activating group) is 1. The molecule has 0 heterocycles. The summed E-state index contributed by atoms with van der Waals surface area (Å²) in [5, 5.41) is 0.676. The predicted octanol–water partition coefficient (Wildman–Crippen LogP) is 4.14. The molecule has 0 radical (unpaired) electrons. The van der Waals surface area contributed by atoms with Gasteiger partial charge in [-0.05, 0) is 73.0 Å². The van der Waals surface area contributed by atoms with Gasteiger partial charge in [0.2, 0.25) is 0 Å². The molecule has 0 saturated carbocycles. The summed E-state index contributed by atoms with van der Waals surface area (Å²) in [5.41, 5.74) is 20.2. The maximum absolute atomic E-state index is 6.12. The molecule has 0 fully saturated rings. The molecule has 0 spiro atoms. The molecule has 3 nitrogen and oxygen atoms in total. The average molecular weight is 342 g/mol. The lowest BCUT2D eigenvalue weighted by Crippen LogP contribution is -2.08. The zero-order chi connectivity index (χ0) is 17.5. The Morgan fingerprint density at radius 2 is 2.08 bits per heavy atom. The quantitative estimate of drug-likeness (QED) is 0.604.